The van der Waals surface area contributed by atoms with Gasteiger partial charge in [0, 0.05) is 88.1 Å². The summed E-state index contributed by atoms with van der Waals surface area (Å²) in [5, 5.41) is 43.3. The standard InChI is InChI=1S/C48H68N10O18S3/c49-77(68,69)37-13-7-34(8-14-37)45(65)55-25-2-22-52-40(59)19-28-74-31-48(58-43(62)5-1-6-44(63)64,32-75-29-20-41(60)53-23-3-26-56-46(66)35-9-15-38(16-10-35)78(50,70)71)33-76-30-21-42(61)54-24-4-27-57-47(67)36-11-17-39(18-12-36)79(51,72)73/h7-18H,1-6,19-33H2,(H,52,59)(H,53,60)(H,54,61)(H,55,65)(H,56,66)(H,57,67)(H,58,62)(H,63,64)(H2,49,68,69)(H2,50,70,71)(H2,51,72,73). The van der Waals surface area contributed by atoms with Gasteiger partial charge in [-0.05, 0) is 98.5 Å². The number of nitrogens with two attached hydrogens (primary N) is 3. The number of carbonyl (C=O) groups is 8. The molecule has 14 N–H and O–H groups in total. The van der Waals surface area contributed by atoms with Gasteiger partial charge in [-0.15, -0.1) is 0 Å². The van der Waals surface area contributed by atoms with Crippen LogP contribution in [0.1, 0.15) is 88.9 Å². The Hall–Kier alpha value is -6.97. The Morgan fingerprint density at radius 3 is 0.937 bits per heavy atom. The highest BCUT2D eigenvalue weighted by atomic mass is 32.2. The van der Waals surface area contributed by atoms with Crippen molar-refractivity contribution in [3.63, 3.8) is 0 Å². The summed E-state index contributed by atoms with van der Waals surface area (Å²) in [5.74, 6) is -4.40. The molecular formula is C48H68N10O18S3. The van der Waals surface area contributed by atoms with Crippen LogP contribution in [0.5, 0.6) is 0 Å². The SMILES string of the molecule is NS(=O)(=O)c1ccc(C(=O)NCCCNC(=O)CCOCC(COCCC(=O)NCCCNC(=O)c2ccc(S(N)(=O)=O)cc2)(COCCC(=O)NCCCNC(=O)c2ccc(S(N)(=O)=O)cc2)NC(=O)CCCC(=O)O)cc1. The molecule has 31 heteroatoms. The second kappa shape index (κ2) is 33.5. The van der Waals surface area contributed by atoms with E-state index in [9.17, 15) is 63.6 Å². The van der Waals surface area contributed by atoms with Crippen LogP contribution in [0.25, 0.3) is 0 Å². The molecule has 0 atom stereocenters. The predicted octanol–water partition coefficient (Wildman–Crippen LogP) is -1.93. The lowest BCUT2D eigenvalue weighted by molar-refractivity contribution is -0.137. The Morgan fingerprint density at radius 2 is 0.671 bits per heavy atom. The molecule has 3 aromatic carbocycles. The molecule has 28 nitrogen and oxygen atoms in total. The van der Waals surface area contributed by atoms with Crippen molar-refractivity contribution in [2.45, 2.75) is 78.0 Å². The van der Waals surface area contributed by atoms with Crippen molar-refractivity contribution in [2.24, 2.45) is 15.4 Å². The molecule has 0 aliphatic heterocycles. The fourth-order valence-corrected chi connectivity index (χ4v) is 8.35. The average Bonchev–Trinajstić information content (AvgIpc) is 3.39. The number of aliphatic carboxylic acids is 1. The van der Waals surface area contributed by atoms with Crippen LogP contribution < -0.4 is 52.6 Å². The van der Waals surface area contributed by atoms with E-state index < -0.39 is 82.9 Å². The largest absolute Gasteiger partial charge is 0.481 e. The van der Waals surface area contributed by atoms with Crippen molar-refractivity contribution >= 4 is 77.4 Å². The third kappa shape index (κ3) is 27.0. The van der Waals surface area contributed by atoms with Crippen molar-refractivity contribution in [1.82, 2.24) is 37.2 Å². The van der Waals surface area contributed by atoms with Crippen molar-refractivity contribution < 1.29 is 82.9 Å². The number of amides is 7. The minimum atomic E-state index is -3.93. The normalized spacial score (nSPS) is 11.7. The van der Waals surface area contributed by atoms with Gasteiger partial charge < -0.3 is 56.5 Å². The van der Waals surface area contributed by atoms with E-state index in [1.807, 2.05) is 0 Å². The second-order valence-electron chi connectivity index (χ2n) is 17.6. The number of sulfonamides is 3. The molecule has 0 radical (unpaired) electrons. The average molecular weight is 1170 g/mol. The summed E-state index contributed by atoms with van der Waals surface area (Å²) in [6.45, 7) is -0.475. The van der Waals surface area contributed by atoms with E-state index in [1.165, 1.54) is 72.8 Å². The van der Waals surface area contributed by atoms with Crippen LogP contribution in [-0.2, 0) is 68.3 Å². The molecule has 3 aromatic rings. The monoisotopic (exact) mass is 1170 g/mol. The van der Waals surface area contributed by atoms with Gasteiger partial charge in [0.1, 0.15) is 5.54 Å². The smallest absolute Gasteiger partial charge is 0.303 e. The van der Waals surface area contributed by atoms with E-state index in [4.69, 9.17) is 34.7 Å². The Labute approximate surface area is 457 Å². The van der Waals surface area contributed by atoms with E-state index in [1.54, 1.807) is 0 Å². The van der Waals surface area contributed by atoms with Gasteiger partial charge in [0.2, 0.25) is 53.7 Å². The van der Waals surface area contributed by atoms with Crippen molar-refractivity contribution in [3.8, 4) is 0 Å². The molecule has 0 saturated heterocycles. The van der Waals surface area contributed by atoms with Gasteiger partial charge in [0.25, 0.3) is 17.7 Å². The Kier molecular flexibility index (Phi) is 28.1. The molecule has 0 spiro atoms. The van der Waals surface area contributed by atoms with Crippen molar-refractivity contribution in [3.05, 3.63) is 89.5 Å². The van der Waals surface area contributed by atoms with E-state index in [2.05, 4.69) is 37.2 Å². The maximum atomic E-state index is 13.3. The molecule has 0 aliphatic rings. The molecule has 7 amide bonds. The first-order chi connectivity index (χ1) is 37.3. The molecule has 0 unspecified atom stereocenters. The molecule has 0 aromatic heterocycles. The fraction of sp³-hybridized carbons (Fsp3) is 0.458. The molecule has 3 rings (SSSR count). The molecular weight excluding hydrogens is 1100 g/mol. The Bertz CT molecular complexity index is 2590. The van der Waals surface area contributed by atoms with Gasteiger partial charge in [0.05, 0.1) is 54.3 Å². The van der Waals surface area contributed by atoms with E-state index >= 15 is 0 Å². The topological polar surface area (TPSA) is 449 Å². The first-order valence-electron chi connectivity index (χ1n) is 24.6. The Balaban J connectivity index is 1.55. The molecule has 436 valence electrons. The van der Waals surface area contributed by atoms with Gasteiger partial charge in [-0.1, -0.05) is 0 Å². The first kappa shape index (κ1) is 66.3. The lowest BCUT2D eigenvalue weighted by atomic mass is 10.0. The van der Waals surface area contributed by atoms with E-state index in [0.29, 0.717) is 19.3 Å². The Morgan fingerprint density at radius 1 is 0.392 bits per heavy atom. The van der Waals surface area contributed by atoms with Gasteiger partial charge in [-0.2, -0.15) is 0 Å². The first-order valence-corrected chi connectivity index (χ1v) is 29.2. The molecule has 0 saturated carbocycles. The fourth-order valence-electron chi connectivity index (χ4n) is 6.80. The highest BCUT2D eigenvalue weighted by Gasteiger charge is 2.34. The molecule has 79 heavy (non-hydrogen) atoms. The molecule has 0 fully saturated rings. The summed E-state index contributed by atoms with van der Waals surface area (Å²) in [4.78, 5) is 99.5. The lowest BCUT2D eigenvalue weighted by Crippen LogP contribution is -2.58. The summed E-state index contributed by atoms with van der Waals surface area (Å²) in [7, 11) is -11.8. The zero-order chi connectivity index (χ0) is 58.5. The van der Waals surface area contributed by atoms with Crippen LogP contribution in [0.4, 0.5) is 0 Å². The number of nitrogens with one attached hydrogen (secondary N) is 7. The summed E-state index contributed by atoms with van der Waals surface area (Å²) in [6, 6.07) is 15.1. The summed E-state index contributed by atoms with van der Waals surface area (Å²) in [5.41, 5.74) is -0.911. The highest BCUT2D eigenvalue weighted by molar-refractivity contribution is 7.89. The summed E-state index contributed by atoms with van der Waals surface area (Å²) < 4.78 is 86.5. The molecule has 0 bridgehead atoms. The number of hydrogen-bond donors (Lipinski definition) is 11. The van der Waals surface area contributed by atoms with Crippen LogP contribution in [0, 0.1) is 0 Å². The number of rotatable bonds is 38. The number of carbonyl (C=O) groups excluding carboxylic acids is 7. The maximum Gasteiger partial charge on any atom is 0.303 e. The van der Waals surface area contributed by atoms with E-state index in [0.717, 1.165) is 0 Å². The minimum absolute atomic E-state index is 0.0195. The van der Waals surface area contributed by atoms with Crippen LogP contribution in [-0.4, -0.2) is 162 Å². The predicted molar refractivity (Wildman–Crippen MR) is 282 cm³/mol. The number of hydrogen-bond acceptors (Lipinski definition) is 17. The van der Waals surface area contributed by atoms with Gasteiger partial charge in [-0.25, -0.2) is 40.7 Å². The van der Waals surface area contributed by atoms with Gasteiger partial charge in [-0.3, -0.25) is 38.4 Å². The third-order valence-corrected chi connectivity index (χ3v) is 13.8. The number of primary sulfonamides is 3. The van der Waals surface area contributed by atoms with Gasteiger partial charge in [0.15, 0.2) is 0 Å². The zero-order valence-corrected chi connectivity index (χ0v) is 45.6. The van der Waals surface area contributed by atoms with Crippen molar-refractivity contribution in [1.29, 1.82) is 0 Å². The number of carboxylic acid groups (broad SMARTS) is 1. The number of ether oxygens (including phenoxy) is 3. The van der Waals surface area contributed by atoms with E-state index in [-0.39, 0.29) is 149 Å². The summed E-state index contributed by atoms with van der Waals surface area (Å²) in [6.07, 6.45) is 0.00831. The van der Waals surface area contributed by atoms with Crippen molar-refractivity contribution in [2.75, 3.05) is 78.9 Å². The molecule has 0 heterocycles. The zero-order valence-electron chi connectivity index (χ0n) is 43.1. The minimum Gasteiger partial charge on any atom is -0.481 e. The third-order valence-electron chi connectivity index (χ3n) is 11.0. The molecule has 0 aliphatic carbocycles. The lowest BCUT2D eigenvalue weighted by Gasteiger charge is -2.34. The highest BCUT2D eigenvalue weighted by Crippen LogP contribution is 2.14. The second-order valence-corrected chi connectivity index (χ2v) is 22.3. The maximum absolute atomic E-state index is 13.3. The number of carboxylic acids is 1. The van der Waals surface area contributed by atoms with Crippen LogP contribution in [0.3, 0.4) is 0 Å². The summed E-state index contributed by atoms with van der Waals surface area (Å²) >= 11 is 0. The quantitative estimate of drug-likeness (QED) is 0.0278. The number of benzene rings is 3. The van der Waals surface area contributed by atoms with Gasteiger partial charge >= 0.3 is 5.97 Å². The van der Waals surface area contributed by atoms with Crippen LogP contribution in [0.15, 0.2) is 87.5 Å². The van der Waals surface area contributed by atoms with Crippen LogP contribution in [0.2, 0.25) is 0 Å². The van der Waals surface area contributed by atoms with Crippen LogP contribution >= 0.6 is 0 Å².